The molecule has 0 aromatic heterocycles. The van der Waals surface area contributed by atoms with Gasteiger partial charge in [0.25, 0.3) is 5.91 Å². The number of rotatable bonds is 7. The zero-order valence-electron chi connectivity index (χ0n) is 16.5. The van der Waals surface area contributed by atoms with Gasteiger partial charge in [-0.25, -0.2) is 4.79 Å². The lowest BCUT2D eigenvalue weighted by Gasteiger charge is -2.20. The van der Waals surface area contributed by atoms with Crippen LogP contribution in [-0.4, -0.2) is 43.1 Å². The first-order valence-electron chi connectivity index (χ1n) is 9.53. The summed E-state index contributed by atoms with van der Waals surface area (Å²) in [5, 5.41) is 0.614. The Morgan fingerprint density at radius 3 is 2.52 bits per heavy atom. The summed E-state index contributed by atoms with van der Waals surface area (Å²) in [6.45, 7) is 3.29. The first-order chi connectivity index (χ1) is 14.0. The number of nitrogens with zero attached hydrogens (tertiary/aromatic N) is 1. The van der Waals surface area contributed by atoms with Crippen LogP contribution in [0.3, 0.4) is 0 Å². The Kier molecular flexibility index (Phi) is 6.99. The number of hydrogen-bond acceptors (Lipinski definition) is 5. The highest BCUT2D eigenvalue weighted by atomic mass is 35.5. The zero-order valence-corrected chi connectivity index (χ0v) is 17.3. The van der Waals surface area contributed by atoms with Gasteiger partial charge in [0.1, 0.15) is 6.61 Å². The van der Waals surface area contributed by atoms with Crippen molar-refractivity contribution in [2.75, 3.05) is 20.2 Å². The predicted octanol–water partition coefficient (Wildman–Crippen LogP) is 4.10. The Balaban J connectivity index is 1.65. The predicted molar refractivity (Wildman–Crippen MR) is 109 cm³/mol. The fourth-order valence-corrected chi connectivity index (χ4v) is 3.35. The molecule has 6 nitrogen and oxygen atoms in total. The maximum atomic E-state index is 12.5. The molecule has 2 aromatic carbocycles. The van der Waals surface area contributed by atoms with Crippen molar-refractivity contribution in [1.29, 1.82) is 0 Å². The summed E-state index contributed by atoms with van der Waals surface area (Å²) >= 11 is 6.15. The third-order valence-electron chi connectivity index (χ3n) is 4.79. The van der Waals surface area contributed by atoms with Crippen molar-refractivity contribution < 1.29 is 23.8 Å². The molecular weight excluding hydrogens is 394 g/mol. The van der Waals surface area contributed by atoms with E-state index in [2.05, 4.69) is 0 Å². The molecule has 0 spiro atoms. The molecule has 1 fully saturated rings. The number of amides is 1. The highest BCUT2D eigenvalue weighted by Gasteiger charge is 2.26. The fraction of sp³-hybridized carbons (Fsp3) is 0.364. The van der Waals surface area contributed by atoms with E-state index >= 15 is 0 Å². The van der Waals surface area contributed by atoms with Gasteiger partial charge in [-0.3, -0.25) is 4.79 Å². The number of benzene rings is 2. The van der Waals surface area contributed by atoms with E-state index in [9.17, 15) is 9.59 Å². The van der Waals surface area contributed by atoms with Crippen molar-refractivity contribution >= 4 is 23.5 Å². The Morgan fingerprint density at radius 1 is 1.10 bits per heavy atom. The maximum Gasteiger partial charge on any atom is 0.339 e. The maximum absolute atomic E-state index is 12.5. The molecule has 1 amide bonds. The molecule has 0 aliphatic carbocycles. The van der Waals surface area contributed by atoms with Crippen molar-refractivity contribution in [3.63, 3.8) is 0 Å². The molecule has 2 aromatic rings. The van der Waals surface area contributed by atoms with Gasteiger partial charge in [0.2, 0.25) is 0 Å². The van der Waals surface area contributed by atoms with Gasteiger partial charge >= 0.3 is 5.97 Å². The standard InChI is InChI=1S/C22H24ClNO5/c1-15(21(25)24-11-5-6-12-24)29-22(26)16-9-10-19(20(13-16)27-2)28-14-17-7-3-4-8-18(17)23/h3-4,7-10,13,15H,5-6,11-12,14H2,1-2H3/t15-/m0/s1. The Morgan fingerprint density at radius 2 is 1.83 bits per heavy atom. The molecule has 1 heterocycles. The van der Waals surface area contributed by atoms with Crippen LogP contribution in [0.4, 0.5) is 0 Å². The molecule has 0 radical (unpaired) electrons. The summed E-state index contributed by atoms with van der Waals surface area (Å²) in [5.41, 5.74) is 1.13. The van der Waals surface area contributed by atoms with Crippen LogP contribution in [0.25, 0.3) is 0 Å². The molecule has 0 saturated carbocycles. The Bertz CT molecular complexity index is 879. The van der Waals surface area contributed by atoms with Crippen LogP contribution in [0, 0.1) is 0 Å². The molecule has 29 heavy (non-hydrogen) atoms. The monoisotopic (exact) mass is 417 g/mol. The van der Waals surface area contributed by atoms with E-state index in [0.717, 1.165) is 18.4 Å². The van der Waals surface area contributed by atoms with Crippen LogP contribution in [-0.2, 0) is 16.1 Å². The average molecular weight is 418 g/mol. The van der Waals surface area contributed by atoms with Crippen molar-refractivity contribution in [2.24, 2.45) is 0 Å². The topological polar surface area (TPSA) is 65.1 Å². The van der Waals surface area contributed by atoms with E-state index in [1.165, 1.54) is 13.2 Å². The number of methoxy groups -OCH3 is 1. The molecule has 1 atom stereocenters. The van der Waals surface area contributed by atoms with Crippen molar-refractivity contribution in [2.45, 2.75) is 32.5 Å². The third-order valence-corrected chi connectivity index (χ3v) is 5.16. The number of ether oxygens (including phenoxy) is 3. The lowest BCUT2D eigenvalue weighted by atomic mass is 10.2. The highest BCUT2D eigenvalue weighted by Crippen LogP contribution is 2.30. The molecule has 154 valence electrons. The summed E-state index contributed by atoms with van der Waals surface area (Å²) in [7, 11) is 1.49. The number of likely N-dealkylation sites (tertiary alicyclic amines) is 1. The number of hydrogen-bond donors (Lipinski definition) is 0. The molecule has 7 heteroatoms. The molecular formula is C22H24ClNO5. The second-order valence-electron chi connectivity index (χ2n) is 6.83. The molecule has 1 aliphatic rings. The minimum absolute atomic E-state index is 0.164. The van der Waals surface area contributed by atoms with Gasteiger partial charge in [-0.05, 0) is 44.0 Å². The van der Waals surface area contributed by atoms with Crippen LogP contribution in [0.5, 0.6) is 11.5 Å². The van der Waals surface area contributed by atoms with E-state index in [1.54, 1.807) is 30.0 Å². The first-order valence-corrected chi connectivity index (χ1v) is 9.91. The third kappa shape index (κ3) is 5.21. The van der Waals surface area contributed by atoms with Crippen LogP contribution >= 0.6 is 11.6 Å². The largest absolute Gasteiger partial charge is 0.493 e. The SMILES string of the molecule is COc1cc(C(=O)O[C@@H](C)C(=O)N2CCCC2)ccc1OCc1ccccc1Cl. The average Bonchev–Trinajstić information content (AvgIpc) is 3.27. The number of esters is 1. The molecule has 1 saturated heterocycles. The van der Waals surface area contributed by atoms with Crippen LogP contribution in [0.15, 0.2) is 42.5 Å². The summed E-state index contributed by atoms with van der Waals surface area (Å²) < 4.78 is 16.5. The van der Waals surface area contributed by atoms with Gasteiger partial charge in [0.15, 0.2) is 17.6 Å². The molecule has 0 unspecified atom stereocenters. The van der Waals surface area contributed by atoms with Crippen molar-refractivity contribution in [3.8, 4) is 11.5 Å². The van der Waals surface area contributed by atoms with Crippen LogP contribution in [0.2, 0.25) is 5.02 Å². The van der Waals surface area contributed by atoms with Gasteiger partial charge in [0.05, 0.1) is 12.7 Å². The summed E-state index contributed by atoms with van der Waals surface area (Å²) in [6, 6.07) is 12.2. The van der Waals surface area contributed by atoms with E-state index in [1.807, 2.05) is 18.2 Å². The Labute approximate surface area is 175 Å². The smallest absolute Gasteiger partial charge is 0.339 e. The van der Waals surface area contributed by atoms with E-state index in [0.29, 0.717) is 29.6 Å². The fourth-order valence-electron chi connectivity index (χ4n) is 3.16. The zero-order chi connectivity index (χ0) is 20.8. The summed E-state index contributed by atoms with van der Waals surface area (Å²) in [4.78, 5) is 26.5. The normalized spacial score (nSPS) is 14.4. The quantitative estimate of drug-likeness (QED) is 0.635. The van der Waals surface area contributed by atoms with Gasteiger partial charge in [0, 0.05) is 23.7 Å². The second-order valence-corrected chi connectivity index (χ2v) is 7.23. The van der Waals surface area contributed by atoms with E-state index < -0.39 is 12.1 Å². The van der Waals surface area contributed by atoms with Gasteiger partial charge in [-0.15, -0.1) is 0 Å². The van der Waals surface area contributed by atoms with Crippen molar-refractivity contribution in [1.82, 2.24) is 4.90 Å². The molecule has 1 aliphatic heterocycles. The Hall–Kier alpha value is -2.73. The molecule has 0 bridgehead atoms. The highest BCUT2D eigenvalue weighted by molar-refractivity contribution is 6.31. The van der Waals surface area contributed by atoms with Gasteiger partial charge in [-0.2, -0.15) is 0 Å². The number of carbonyl (C=O) groups excluding carboxylic acids is 2. The minimum Gasteiger partial charge on any atom is -0.493 e. The van der Waals surface area contributed by atoms with Crippen molar-refractivity contribution in [3.05, 3.63) is 58.6 Å². The number of halogens is 1. The lowest BCUT2D eigenvalue weighted by Crippen LogP contribution is -2.38. The summed E-state index contributed by atoms with van der Waals surface area (Å²) in [6.07, 6.45) is 1.14. The first kappa shape index (κ1) is 21.0. The lowest BCUT2D eigenvalue weighted by molar-refractivity contribution is -0.138. The van der Waals surface area contributed by atoms with Gasteiger partial charge < -0.3 is 19.1 Å². The molecule has 3 rings (SSSR count). The molecule has 0 N–H and O–H groups in total. The van der Waals surface area contributed by atoms with E-state index in [-0.39, 0.29) is 18.1 Å². The second kappa shape index (κ2) is 9.65. The minimum atomic E-state index is -0.831. The van der Waals surface area contributed by atoms with Crippen LogP contribution in [0.1, 0.15) is 35.7 Å². The van der Waals surface area contributed by atoms with E-state index in [4.69, 9.17) is 25.8 Å². The van der Waals surface area contributed by atoms with Gasteiger partial charge in [-0.1, -0.05) is 29.8 Å². The van der Waals surface area contributed by atoms with Crippen LogP contribution < -0.4 is 9.47 Å². The summed E-state index contributed by atoms with van der Waals surface area (Å²) in [5.74, 6) is 0.124. The number of carbonyl (C=O) groups is 2.